The fourth-order valence-corrected chi connectivity index (χ4v) is 2.04. The van der Waals surface area contributed by atoms with Crippen molar-refractivity contribution >= 4 is 0 Å². The van der Waals surface area contributed by atoms with Gasteiger partial charge in [0.25, 0.3) is 0 Å². The highest BCUT2D eigenvalue weighted by Crippen LogP contribution is 2.24. The quantitative estimate of drug-likeness (QED) is 0.613. The van der Waals surface area contributed by atoms with E-state index in [9.17, 15) is 5.11 Å². The van der Waals surface area contributed by atoms with Gasteiger partial charge in [0.15, 0.2) is 0 Å². The van der Waals surface area contributed by atoms with Crippen molar-refractivity contribution in [3.8, 4) is 0 Å². The molecule has 2 heteroatoms. The Labute approximate surface area is 74.4 Å². The van der Waals surface area contributed by atoms with Crippen LogP contribution in [0.4, 0.5) is 0 Å². The molecule has 12 heavy (non-hydrogen) atoms. The fraction of sp³-hybridized carbons (Fsp3) is 1.00. The van der Waals surface area contributed by atoms with Crippen molar-refractivity contribution in [2.24, 2.45) is 0 Å². The molecule has 2 aliphatic rings. The summed E-state index contributed by atoms with van der Waals surface area (Å²) in [6, 6.07) is 1.14. The van der Waals surface area contributed by atoms with E-state index in [2.05, 4.69) is 5.32 Å². The largest absolute Gasteiger partial charge is 0.392 e. The lowest BCUT2D eigenvalue weighted by Gasteiger charge is -2.21. The average molecular weight is 169 g/mol. The first-order valence-electron chi connectivity index (χ1n) is 5.30. The Bertz CT molecular complexity index is 145. The first-order chi connectivity index (χ1) is 5.86. The molecular weight excluding hydrogens is 150 g/mol. The third kappa shape index (κ3) is 2.20. The third-order valence-electron chi connectivity index (χ3n) is 3.01. The van der Waals surface area contributed by atoms with Crippen LogP contribution in [0.1, 0.15) is 44.9 Å². The Hall–Kier alpha value is -0.0800. The second-order valence-electron chi connectivity index (χ2n) is 4.25. The van der Waals surface area contributed by atoms with Crippen molar-refractivity contribution in [2.45, 2.75) is 63.1 Å². The van der Waals surface area contributed by atoms with E-state index in [4.69, 9.17) is 0 Å². The molecule has 2 unspecified atom stereocenters. The Morgan fingerprint density at radius 2 is 1.67 bits per heavy atom. The van der Waals surface area contributed by atoms with Crippen LogP contribution in [0.25, 0.3) is 0 Å². The minimum atomic E-state index is -0.0758. The molecular formula is C10H19NO. The molecule has 2 aliphatic carbocycles. The fourth-order valence-electron chi connectivity index (χ4n) is 2.04. The lowest BCUT2D eigenvalue weighted by molar-refractivity contribution is 0.119. The minimum absolute atomic E-state index is 0.0758. The maximum atomic E-state index is 9.76. The average Bonchev–Trinajstić information content (AvgIpc) is 2.84. The van der Waals surface area contributed by atoms with Crippen LogP contribution in [0.2, 0.25) is 0 Å². The predicted octanol–water partition coefficient (Wildman–Crippen LogP) is 1.43. The zero-order valence-corrected chi connectivity index (χ0v) is 7.63. The van der Waals surface area contributed by atoms with Crippen LogP contribution in [-0.4, -0.2) is 23.3 Å². The van der Waals surface area contributed by atoms with Crippen molar-refractivity contribution in [2.75, 3.05) is 0 Å². The number of nitrogens with one attached hydrogen (secondary N) is 1. The second-order valence-corrected chi connectivity index (χ2v) is 4.25. The SMILES string of the molecule is OC1CCCCCC1NC1CC1. The summed E-state index contributed by atoms with van der Waals surface area (Å²) in [7, 11) is 0. The third-order valence-corrected chi connectivity index (χ3v) is 3.01. The number of aliphatic hydroxyl groups is 1. The van der Waals surface area contributed by atoms with Crippen molar-refractivity contribution < 1.29 is 5.11 Å². The van der Waals surface area contributed by atoms with Gasteiger partial charge in [0.2, 0.25) is 0 Å². The van der Waals surface area contributed by atoms with Gasteiger partial charge in [0.1, 0.15) is 0 Å². The highest BCUT2D eigenvalue weighted by Gasteiger charge is 2.28. The molecule has 2 N–H and O–H groups in total. The van der Waals surface area contributed by atoms with E-state index in [1.807, 2.05) is 0 Å². The molecule has 0 radical (unpaired) electrons. The van der Waals surface area contributed by atoms with E-state index >= 15 is 0 Å². The molecule has 2 fully saturated rings. The molecule has 0 aromatic heterocycles. The topological polar surface area (TPSA) is 32.3 Å². The molecule has 0 bridgehead atoms. The van der Waals surface area contributed by atoms with Crippen LogP contribution in [0.5, 0.6) is 0 Å². The molecule has 70 valence electrons. The molecule has 0 spiro atoms. The van der Waals surface area contributed by atoms with Gasteiger partial charge in [-0.3, -0.25) is 0 Å². The summed E-state index contributed by atoms with van der Waals surface area (Å²) in [5.74, 6) is 0. The van der Waals surface area contributed by atoms with Gasteiger partial charge >= 0.3 is 0 Å². The first-order valence-corrected chi connectivity index (χ1v) is 5.30. The molecule has 2 nitrogen and oxygen atoms in total. The summed E-state index contributed by atoms with van der Waals surface area (Å²) in [5.41, 5.74) is 0. The smallest absolute Gasteiger partial charge is 0.0693 e. The Balaban J connectivity index is 1.81. The number of rotatable bonds is 2. The molecule has 0 saturated heterocycles. The normalized spacial score (nSPS) is 37.8. The van der Waals surface area contributed by atoms with Crippen LogP contribution >= 0.6 is 0 Å². The van der Waals surface area contributed by atoms with Crippen molar-refractivity contribution in [1.29, 1.82) is 0 Å². The van der Waals surface area contributed by atoms with Crippen molar-refractivity contribution in [1.82, 2.24) is 5.32 Å². The Morgan fingerprint density at radius 3 is 2.42 bits per heavy atom. The summed E-state index contributed by atoms with van der Waals surface area (Å²) in [5, 5.41) is 13.3. The van der Waals surface area contributed by atoms with E-state index in [-0.39, 0.29) is 6.10 Å². The monoisotopic (exact) mass is 169 g/mol. The van der Waals surface area contributed by atoms with E-state index in [1.54, 1.807) is 0 Å². The van der Waals surface area contributed by atoms with Crippen molar-refractivity contribution in [3.05, 3.63) is 0 Å². The van der Waals surface area contributed by atoms with Crippen LogP contribution in [0, 0.1) is 0 Å². The summed E-state index contributed by atoms with van der Waals surface area (Å²) in [6.07, 6.45) is 8.56. The maximum Gasteiger partial charge on any atom is 0.0693 e. The maximum absolute atomic E-state index is 9.76. The lowest BCUT2D eigenvalue weighted by Crippen LogP contribution is -2.40. The van der Waals surface area contributed by atoms with Gasteiger partial charge < -0.3 is 10.4 Å². The Kier molecular flexibility index (Phi) is 2.66. The van der Waals surface area contributed by atoms with Crippen LogP contribution in [-0.2, 0) is 0 Å². The van der Waals surface area contributed by atoms with E-state index in [0.717, 1.165) is 12.5 Å². The molecule has 0 heterocycles. The zero-order valence-electron chi connectivity index (χ0n) is 7.63. The molecule has 2 rings (SSSR count). The highest BCUT2D eigenvalue weighted by atomic mass is 16.3. The number of hydrogen-bond donors (Lipinski definition) is 2. The summed E-state index contributed by atoms with van der Waals surface area (Å²) < 4.78 is 0. The minimum Gasteiger partial charge on any atom is -0.392 e. The Morgan fingerprint density at radius 1 is 0.917 bits per heavy atom. The van der Waals surface area contributed by atoms with E-state index in [1.165, 1.54) is 38.5 Å². The van der Waals surface area contributed by atoms with Gasteiger partial charge in [-0.2, -0.15) is 0 Å². The van der Waals surface area contributed by atoms with E-state index < -0.39 is 0 Å². The summed E-state index contributed by atoms with van der Waals surface area (Å²) >= 11 is 0. The zero-order chi connectivity index (χ0) is 8.39. The van der Waals surface area contributed by atoms with Gasteiger partial charge in [-0.15, -0.1) is 0 Å². The molecule has 0 aromatic rings. The molecule has 0 amide bonds. The standard InChI is InChI=1S/C10H19NO/c12-10-5-3-1-2-4-9(10)11-8-6-7-8/h8-12H,1-7H2. The molecule has 2 saturated carbocycles. The predicted molar refractivity (Wildman–Crippen MR) is 49.0 cm³/mol. The van der Waals surface area contributed by atoms with Gasteiger partial charge in [-0.05, 0) is 25.7 Å². The lowest BCUT2D eigenvalue weighted by atomic mass is 10.1. The van der Waals surface area contributed by atoms with Gasteiger partial charge in [-0.25, -0.2) is 0 Å². The van der Waals surface area contributed by atoms with Crippen LogP contribution in [0.3, 0.4) is 0 Å². The van der Waals surface area contributed by atoms with Crippen LogP contribution in [0.15, 0.2) is 0 Å². The van der Waals surface area contributed by atoms with Crippen molar-refractivity contribution in [3.63, 3.8) is 0 Å². The second kappa shape index (κ2) is 3.75. The number of hydrogen-bond acceptors (Lipinski definition) is 2. The van der Waals surface area contributed by atoms with Gasteiger partial charge in [0, 0.05) is 12.1 Å². The molecule has 0 aromatic carbocycles. The van der Waals surface area contributed by atoms with Crippen LogP contribution < -0.4 is 5.32 Å². The summed E-state index contributed by atoms with van der Waals surface area (Å²) in [4.78, 5) is 0. The van der Waals surface area contributed by atoms with E-state index in [0.29, 0.717) is 6.04 Å². The summed E-state index contributed by atoms with van der Waals surface area (Å²) in [6.45, 7) is 0. The van der Waals surface area contributed by atoms with Gasteiger partial charge in [-0.1, -0.05) is 19.3 Å². The van der Waals surface area contributed by atoms with Gasteiger partial charge in [0.05, 0.1) is 6.10 Å². The highest BCUT2D eigenvalue weighted by molar-refractivity contribution is 4.88. The molecule has 0 aliphatic heterocycles. The molecule has 2 atom stereocenters. The first kappa shape index (κ1) is 8.52. The number of aliphatic hydroxyl groups excluding tert-OH is 1.